The predicted molar refractivity (Wildman–Crippen MR) is 126 cm³/mol. The van der Waals surface area contributed by atoms with Crippen LogP contribution in [0.25, 0.3) is 0 Å². The smallest absolute Gasteiger partial charge is 0.270 e. The zero-order valence-electron chi connectivity index (χ0n) is 18.8. The molecule has 2 aromatic rings. The van der Waals surface area contributed by atoms with Crippen LogP contribution in [0.5, 0.6) is 5.75 Å². The summed E-state index contributed by atoms with van der Waals surface area (Å²) < 4.78 is 32.3. The van der Waals surface area contributed by atoms with Gasteiger partial charge in [0.25, 0.3) is 20.9 Å². The van der Waals surface area contributed by atoms with Crippen molar-refractivity contribution < 1.29 is 23.1 Å². The van der Waals surface area contributed by atoms with Crippen molar-refractivity contribution in [1.82, 2.24) is 4.47 Å². The van der Waals surface area contributed by atoms with Crippen molar-refractivity contribution in [3.05, 3.63) is 37.6 Å². The van der Waals surface area contributed by atoms with E-state index in [2.05, 4.69) is 10.6 Å². The van der Waals surface area contributed by atoms with E-state index in [9.17, 15) is 23.1 Å². The highest BCUT2D eigenvalue weighted by molar-refractivity contribution is 7.89. The Bertz CT molecular complexity index is 1190. The number of hydroxylamine groups is 1. The number of halogens is 1. The number of aromatic hydroxyl groups is 1. The largest absolute Gasteiger partial charge is 0.504 e. The van der Waals surface area contributed by atoms with E-state index < -0.39 is 31.5 Å². The number of ether oxygens (including phenoxy) is 1. The number of sulfonamides is 1. The van der Waals surface area contributed by atoms with Crippen LogP contribution in [-0.4, -0.2) is 49.9 Å². The highest BCUT2D eigenvalue weighted by atomic mass is 35.5. The predicted octanol–water partition coefficient (Wildman–Crippen LogP) is 2.72. The van der Waals surface area contributed by atoms with Crippen LogP contribution in [0.4, 0.5) is 17.1 Å². The second-order valence-electron chi connectivity index (χ2n) is 7.83. The number of rotatable bonds is 10. The minimum absolute atomic E-state index is 0.0290. The van der Waals surface area contributed by atoms with Gasteiger partial charge in [-0.25, -0.2) is 8.42 Å². The van der Waals surface area contributed by atoms with Crippen LogP contribution < -0.4 is 21.5 Å². The summed E-state index contributed by atoms with van der Waals surface area (Å²) in [6.45, 7) is 5.45. The number of phenolic OH excluding ortho intramolecular Hbond substituents is 1. The Morgan fingerprint density at radius 3 is 2.45 bits per heavy atom. The van der Waals surface area contributed by atoms with Gasteiger partial charge in [0.2, 0.25) is 0 Å². The first-order chi connectivity index (χ1) is 15.6. The number of nitrogens with zero attached hydrogens (tertiary/aromatic N) is 1. The fourth-order valence-electron chi connectivity index (χ4n) is 3.95. The molecule has 182 valence electrons. The lowest BCUT2D eigenvalue weighted by atomic mass is 10.0. The molecule has 0 bridgehead atoms. The molecule has 3 N–H and O–H groups in total. The summed E-state index contributed by atoms with van der Waals surface area (Å²) in [5.74, 6) is -0.697. The molecule has 3 atom stereocenters. The Hall–Kier alpha value is -2.18. The number of phenols is 1. The number of hydrogen-bond donors (Lipinski definition) is 3. The molecule has 0 radical (unpaired) electrons. The molecule has 12 heteroatoms. The Balaban J connectivity index is 1.93. The lowest BCUT2D eigenvalue weighted by Crippen LogP contribution is -2.42. The third-order valence-electron chi connectivity index (χ3n) is 5.72. The van der Waals surface area contributed by atoms with Gasteiger partial charge >= 0.3 is 0 Å². The summed E-state index contributed by atoms with van der Waals surface area (Å²) in [6, 6.07) is 2.40. The summed E-state index contributed by atoms with van der Waals surface area (Å²) in [7, 11) is -3.12. The van der Waals surface area contributed by atoms with Gasteiger partial charge in [0.05, 0.1) is 36.1 Å². The van der Waals surface area contributed by atoms with Crippen molar-refractivity contribution in [3.63, 3.8) is 0 Å². The van der Waals surface area contributed by atoms with Gasteiger partial charge in [-0.2, -0.15) is 0 Å². The maximum Gasteiger partial charge on any atom is 0.270 e. The molecule has 1 unspecified atom stereocenters. The quantitative estimate of drug-likeness (QED) is 0.255. The molecule has 1 saturated heterocycles. The molecule has 0 aliphatic carbocycles. The average Bonchev–Trinajstić information content (AvgIpc) is 3.20. The van der Waals surface area contributed by atoms with Crippen molar-refractivity contribution in [2.24, 2.45) is 0 Å². The molecule has 33 heavy (non-hydrogen) atoms. The molecule has 0 amide bonds. The average molecular weight is 502 g/mol. The van der Waals surface area contributed by atoms with Crippen LogP contribution in [0, 0.1) is 0 Å². The molecule has 0 saturated carbocycles. The monoisotopic (exact) mass is 501 g/mol. The summed E-state index contributed by atoms with van der Waals surface area (Å²) in [5.41, 5.74) is -1.57. The Kier molecular flexibility index (Phi) is 7.69. The number of anilines is 3. The summed E-state index contributed by atoms with van der Waals surface area (Å²) in [5, 5.41) is 16.3. The standard InChI is InChI=1S/C21H28ClN3O7S/c1-5-13(15-10-7-11(3)32-15)23-16-17(20(28)19(16)27)24-14-9-8-12(22)21(18(14)26)33(29,30)25(6-2)31-4/h8-9,11,13,15,23-24,26H,5-7,10H2,1-4H3/t11-,13-,15?/m1/s1. The Morgan fingerprint density at radius 2 is 1.91 bits per heavy atom. The van der Waals surface area contributed by atoms with Gasteiger partial charge in [-0.15, -0.1) is 0 Å². The lowest BCUT2D eigenvalue weighted by molar-refractivity contribution is -0.0443. The molecule has 0 aromatic heterocycles. The van der Waals surface area contributed by atoms with Crippen LogP contribution in [0.3, 0.4) is 0 Å². The Morgan fingerprint density at radius 1 is 1.24 bits per heavy atom. The summed E-state index contributed by atoms with van der Waals surface area (Å²) in [6.07, 6.45) is 2.42. The molecule has 2 aromatic carbocycles. The second kappa shape index (κ2) is 9.98. The zero-order chi connectivity index (χ0) is 24.5. The number of hydrogen-bond acceptors (Lipinski definition) is 9. The maximum atomic E-state index is 12.9. The summed E-state index contributed by atoms with van der Waals surface area (Å²) >= 11 is 6.07. The van der Waals surface area contributed by atoms with Crippen molar-refractivity contribution in [3.8, 4) is 5.75 Å². The number of nitrogens with one attached hydrogen (secondary N) is 2. The minimum atomic E-state index is -4.30. The lowest BCUT2D eigenvalue weighted by Gasteiger charge is -2.26. The van der Waals surface area contributed by atoms with Crippen LogP contribution in [0.1, 0.15) is 40.0 Å². The third-order valence-corrected chi connectivity index (χ3v) is 8.02. The molecular weight excluding hydrogens is 474 g/mol. The third kappa shape index (κ3) is 4.73. The van der Waals surface area contributed by atoms with E-state index in [0.717, 1.165) is 12.8 Å². The maximum absolute atomic E-state index is 12.9. The Labute approximate surface area is 197 Å². The topological polar surface area (TPSA) is 134 Å². The van der Waals surface area contributed by atoms with Crippen LogP contribution in [0.2, 0.25) is 5.02 Å². The highest BCUT2D eigenvalue weighted by Crippen LogP contribution is 2.40. The van der Waals surface area contributed by atoms with Crippen LogP contribution in [0.15, 0.2) is 26.6 Å². The molecule has 3 rings (SSSR count). The van der Waals surface area contributed by atoms with Gasteiger partial charge in [0.15, 0.2) is 5.75 Å². The first-order valence-corrected chi connectivity index (χ1v) is 12.5. The van der Waals surface area contributed by atoms with Gasteiger partial charge in [0, 0.05) is 6.54 Å². The van der Waals surface area contributed by atoms with Crippen LogP contribution in [-0.2, 0) is 19.6 Å². The zero-order valence-corrected chi connectivity index (χ0v) is 20.4. The van der Waals surface area contributed by atoms with E-state index in [4.69, 9.17) is 21.2 Å². The molecule has 1 aliphatic heterocycles. The fourth-order valence-corrected chi connectivity index (χ4v) is 5.80. The molecule has 10 nitrogen and oxygen atoms in total. The van der Waals surface area contributed by atoms with Crippen molar-refractivity contribution >= 4 is 38.7 Å². The fraction of sp³-hybridized carbons (Fsp3) is 0.524. The van der Waals surface area contributed by atoms with Gasteiger partial charge in [-0.3, -0.25) is 14.4 Å². The van der Waals surface area contributed by atoms with Crippen molar-refractivity contribution in [2.75, 3.05) is 24.3 Å². The van der Waals surface area contributed by atoms with E-state index in [0.29, 0.717) is 10.9 Å². The van der Waals surface area contributed by atoms with Crippen molar-refractivity contribution in [2.45, 2.75) is 63.2 Å². The molecule has 1 aliphatic rings. The van der Waals surface area contributed by atoms with Crippen molar-refractivity contribution in [1.29, 1.82) is 0 Å². The minimum Gasteiger partial charge on any atom is -0.504 e. The molecule has 0 spiro atoms. The van der Waals surface area contributed by atoms with E-state index in [1.54, 1.807) is 6.92 Å². The van der Waals surface area contributed by atoms with E-state index in [1.807, 2.05) is 13.8 Å². The highest BCUT2D eigenvalue weighted by Gasteiger charge is 2.34. The second-order valence-corrected chi connectivity index (χ2v) is 10.0. The first kappa shape index (κ1) is 25.4. The van der Waals surface area contributed by atoms with Crippen LogP contribution >= 0.6 is 11.6 Å². The normalized spacial score (nSPS) is 19.8. The van der Waals surface area contributed by atoms with Gasteiger partial charge in [-0.05, 0) is 45.2 Å². The first-order valence-electron chi connectivity index (χ1n) is 10.7. The SMILES string of the molecule is CC[C@@H](Nc1c(Nc2ccc(Cl)c(S(=O)(=O)N(CC)OC)c2O)c(=O)c1=O)C1CC[C@@H](C)O1. The van der Waals surface area contributed by atoms with Gasteiger partial charge in [-0.1, -0.05) is 23.0 Å². The van der Waals surface area contributed by atoms with E-state index in [-0.39, 0.29) is 46.9 Å². The van der Waals surface area contributed by atoms with E-state index in [1.165, 1.54) is 19.2 Å². The van der Waals surface area contributed by atoms with Gasteiger partial charge in [0.1, 0.15) is 16.3 Å². The van der Waals surface area contributed by atoms with Gasteiger partial charge < -0.3 is 20.5 Å². The van der Waals surface area contributed by atoms with E-state index >= 15 is 0 Å². The molecular formula is C21H28ClN3O7S. The summed E-state index contributed by atoms with van der Waals surface area (Å²) in [4.78, 5) is 28.8. The molecule has 1 fully saturated rings. The number of benzene rings is 1. The molecule has 1 heterocycles.